The van der Waals surface area contributed by atoms with Crippen LogP contribution in [0, 0.1) is 6.92 Å². The maximum Gasteiger partial charge on any atom is 0.240 e. The number of isocyanates is 2. The van der Waals surface area contributed by atoms with Crippen LogP contribution in [0.2, 0.25) is 0 Å². The highest BCUT2D eigenvalue weighted by atomic mass is 16.1. The van der Waals surface area contributed by atoms with Crippen LogP contribution in [0.25, 0.3) is 0 Å². The van der Waals surface area contributed by atoms with E-state index in [1.165, 1.54) is 12.2 Å². The summed E-state index contributed by atoms with van der Waals surface area (Å²) in [5, 5.41) is 0. The molecule has 70 valence electrons. The predicted octanol–water partition coefficient (Wildman–Crippen LogP) is 1.80. The normalized spacial score (nSPS) is 8.64. The number of aryl methyl sites for hydroxylation is 1. The van der Waals surface area contributed by atoms with Crippen LogP contribution in [0.3, 0.4) is 0 Å². The van der Waals surface area contributed by atoms with E-state index in [4.69, 9.17) is 0 Å². The van der Waals surface area contributed by atoms with Gasteiger partial charge in [-0.05, 0) is 13.0 Å². The molecule has 1 aromatic carbocycles. The second kappa shape index (κ2) is 4.87. The molecule has 0 aliphatic rings. The van der Waals surface area contributed by atoms with E-state index in [1.54, 1.807) is 6.07 Å². The molecule has 0 fully saturated rings. The van der Waals surface area contributed by atoms with Crippen LogP contribution < -0.4 is 0 Å². The molecule has 1 aromatic rings. The molecular weight excluding hydrogens is 180 g/mol. The highest BCUT2D eigenvalue weighted by molar-refractivity contribution is 5.55. The Morgan fingerprint density at radius 1 is 1.29 bits per heavy atom. The van der Waals surface area contributed by atoms with Gasteiger partial charge >= 0.3 is 0 Å². The zero-order chi connectivity index (χ0) is 10.4. The Balaban J connectivity index is 3.14. The minimum absolute atomic E-state index is 0.186. The summed E-state index contributed by atoms with van der Waals surface area (Å²) in [5.41, 5.74) is 2.23. The van der Waals surface area contributed by atoms with Crippen molar-refractivity contribution in [2.24, 2.45) is 9.98 Å². The summed E-state index contributed by atoms with van der Waals surface area (Å²) in [4.78, 5) is 27.0. The van der Waals surface area contributed by atoms with Crippen molar-refractivity contribution in [3.63, 3.8) is 0 Å². The molecule has 0 aliphatic heterocycles. The lowest BCUT2D eigenvalue weighted by Gasteiger charge is -2.01. The number of hydrogen-bond acceptors (Lipinski definition) is 4. The first-order valence-electron chi connectivity index (χ1n) is 3.99. The molecule has 14 heavy (non-hydrogen) atoms. The van der Waals surface area contributed by atoms with E-state index in [-0.39, 0.29) is 6.54 Å². The number of carbonyl (C=O) groups excluding carboxylic acids is 2. The van der Waals surface area contributed by atoms with Crippen LogP contribution in [0.4, 0.5) is 5.69 Å². The largest absolute Gasteiger partial charge is 0.240 e. The fourth-order valence-corrected chi connectivity index (χ4v) is 1.12. The average Bonchev–Trinajstić information content (AvgIpc) is 2.18. The SMILES string of the molecule is Cc1ccc(N=C=O)c(CN=C=O)c1. The number of hydrogen-bond donors (Lipinski definition) is 0. The molecule has 0 bridgehead atoms. The molecule has 0 atom stereocenters. The molecule has 0 N–H and O–H groups in total. The summed E-state index contributed by atoms with van der Waals surface area (Å²) in [6, 6.07) is 5.33. The zero-order valence-electron chi connectivity index (χ0n) is 7.65. The highest BCUT2D eigenvalue weighted by Crippen LogP contribution is 2.20. The molecule has 0 spiro atoms. The van der Waals surface area contributed by atoms with Crippen molar-refractivity contribution in [1.82, 2.24) is 0 Å². The Kier molecular flexibility index (Phi) is 3.50. The summed E-state index contributed by atoms with van der Waals surface area (Å²) in [6.07, 6.45) is 2.89. The quantitative estimate of drug-likeness (QED) is 0.536. The van der Waals surface area contributed by atoms with Gasteiger partial charge in [-0.25, -0.2) is 14.6 Å². The van der Waals surface area contributed by atoms with Gasteiger partial charge < -0.3 is 0 Å². The van der Waals surface area contributed by atoms with Crippen molar-refractivity contribution in [2.75, 3.05) is 0 Å². The minimum Gasteiger partial charge on any atom is -0.211 e. The first-order chi connectivity index (χ1) is 6.77. The van der Waals surface area contributed by atoms with Gasteiger partial charge in [-0.2, -0.15) is 4.99 Å². The van der Waals surface area contributed by atoms with Crippen LogP contribution in [0.1, 0.15) is 11.1 Å². The fraction of sp³-hybridized carbons (Fsp3) is 0.200. The number of rotatable bonds is 3. The molecule has 0 saturated heterocycles. The summed E-state index contributed by atoms with van der Waals surface area (Å²) in [5.74, 6) is 0. The monoisotopic (exact) mass is 188 g/mol. The van der Waals surface area contributed by atoms with Crippen LogP contribution in [-0.2, 0) is 16.1 Å². The van der Waals surface area contributed by atoms with Crippen molar-refractivity contribution in [2.45, 2.75) is 13.5 Å². The van der Waals surface area contributed by atoms with Gasteiger partial charge in [-0.15, -0.1) is 0 Å². The van der Waals surface area contributed by atoms with Crippen molar-refractivity contribution >= 4 is 17.8 Å². The van der Waals surface area contributed by atoms with Gasteiger partial charge in [0.05, 0.1) is 12.2 Å². The van der Waals surface area contributed by atoms with Gasteiger partial charge in [0.1, 0.15) is 0 Å². The van der Waals surface area contributed by atoms with Crippen LogP contribution in [0.15, 0.2) is 28.2 Å². The Bertz CT molecular complexity index is 428. The molecule has 4 nitrogen and oxygen atoms in total. The predicted molar refractivity (Wildman–Crippen MR) is 50.8 cm³/mol. The van der Waals surface area contributed by atoms with Crippen molar-refractivity contribution in [1.29, 1.82) is 0 Å². The molecule has 4 heteroatoms. The van der Waals surface area contributed by atoms with E-state index in [0.29, 0.717) is 5.69 Å². The molecular formula is C10H8N2O2. The zero-order valence-corrected chi connectivity index (χ0v) is 7.65. The summed E-state index contributed by atoms with van der Waals surface area (Å²) in [6.45, 7) is 2.09. The van der Waals surface area contributed by atoms with E-state index in [0.717, 1.165) is 11.1 Å². The fourth-order valence-electron chi connectivity index (χ4n) is 1.12. The van der Waals surface area contributed by atoms with Crippen molar-refractivity contribution in [3.8, 4) is 0 Å². The number of aliphatic imine (C=N–C) groups is 2. The van der Waals surface area contributed by atoms with Crippen LogP contribution in [-0.4, -0.2) is 12.2 Å². The molecule has 0 radical (unpaired) electrons. The lowest BCUT2D eigenvalue weighted by atomic mass is 10.1. The highest BCUT2D eigenvalue weighted by Gasteiger charge is 2.00. The van der Waals surface area contributed by atoms with E-state index >= 15 is 0 Å². The Morgan fingerprint density at radius 3 is 2.71 bits per heavy atom. The Labute approximate surface area is 81.0 Å². The summed E-state index contributed by atoms with van der Waals surface area (Å²) in [7, 11) is 0. The van der Waals surface area contributed by atoms with Gasteiger partial charge in [-0.1, -0.05) is 17.7 Å². The average molecular weight is 188 g/mol. The van der Waals surface area contributed by atoms with Crippen molar-refractivity contribution < 1.29 is 9.59 Å². The first-order valence-corrected chi connectivity index (χ1v) is 3.99. The smallest absolute Gasteiger partial charge is 0.211 e. The van der Waals surface area contributed by atoms with Crippen LogP contribution >= 0.6 is 0 Å². The number of nitrogens with zero attached hydrogens (tertiary/aromatic N) is 2. The molecule has 0 aromatic heterocycles. The molecule has 1 rings (SSSR count). The topological polar surface area (TPSA) is 58.9 Å². The number of benzene rings is 1. The lowest BCUT2D eigenvalue weighted by Crippen LogP contribution is -1.84. The third-order valence-electron chi connectivity index (χ3n) is 1.72. The van der Waals surface area contributed by atoms with E-state index in [2.05, 4.69) is 9.98 Å². The Morgan fingerprint density at radius 2 is 2.07 bits per heavy atom. The maximum atomic E-state index is 10.1. The van der Waals surface area contributed by atoms with E-state index in [1.807, 2.05) is 19.1 Å². The molecule has 0 heterocycles. The Hall–Kier alpha value is -2.02. The summed E-state index contributed by atoms with van der Waals surface area (Å²) >= 11 is 0. The molecule has 0 amide bonds. The maximum absolute atomic E-state index is 10.1. The standard InChI is InChI=1S/C10H8N2O2/c1-8-2-3-10(12-7-14)9(4-8)5-11-6-13/h2-4H,5H2,1H3. The summed E-state index contributed by atoms with van der Waals surface area (Å²) < 4.78 is 0. The molecule has 0 unspecified atom stereocenters. The lowest BCUT2D eigenvalue weighted by molar-refractivity contribution is 0.563. The third kappa shape index (κ3) is 2.49. The van der Waals surface area contributed by atoms with Gasteiger partial charge in [0, 0.05) is 5.56 Å². The van der Waals surface area contributed by atoms with E-state index in [9.17, 15) is 9.59 Å². The second-order valence-corrected chi connectivity index (χ2v) is 2.74. The second-order valence-electron chi connectivity index (χ2n) is 2.74. The van der Waals surface area contributed by atoms with Crippen LogP contribution in [0.5, 0.6) is 0 Å². The molecule has 0 aliphatic carbocycles. The van der Waals surface area contributed by atoms with E-state index < -0.39 is 0 Å². The first kappa shape index (κ1) is 10.1. The van der Waals surface area contributed by atoms with Gasteiger partial charge in [0.2, 0.25) is 12.2 Å². The van der Waals surface area contributed by atoms with Gasteiger partial charge in [-0.3, -0.25) is 0 Å². The minimum atomic E-state index is 0.186. The van der Waals surface area contributed by atoms with Gasteiger partial charge in [0.15, 0.2) is 0 Å². The molecule has 0 saturated carbocycles. The van der Waals surface area contributed by atoms with Crippen molar-refractivity contribution in [3.05, 3.63) is 29.3 Å². The van der Waals surface area contributed by atoms with Gasteiger partial charge in [0.25, 0.3) is 0 Å². The third-order valence-corrected chi connectivity index (χ3v) is 1.72.